The van der Waals surface area contributed by atoms with Crippen LogP contribution in [0.4, 0.5) is 0 Å². The van der Waals surface area contributed by atoms with E-state index in [1.165, 1.54) is 17.7 Å². The van der Waals surface area contributed by atoms with Gasteiger partial charge in [-0.1, -0.05) is 20.3 Å². The van der Waals surface area contributed by atoms with E-state index in [1.54, 1.807) is 0 Å². The second-order valence-electron chi connectivity index (χ2n) is 3.89. The SMILES string of the molecule is CCC(C)CSCc1ccnc(CN)c1. The minimum Gasteiger partial charge on any atom is -0.325 e. The number of thioether (sulfide) groups is 1. The van der Waals surface area contributed by atoms with E-state index in [2.05, 4.69) is 31.0 Å². The first kappa shape index (κ1) is 12.5. The third-order valence-electron chi connectivity index (χ3n) is 2.46. The Morgan fingerprint density at radius 3 is 3.00 bits per heavy atom. The standard InChI is InChI=1S/C12H20N2S/c1-3-10(2)8-15-9-11-4-5-14-12(6-11)7-13/h4-6,10H,3,7-9,13H2,1-2H3. The predicted molar refractivity (Wildman–Crippen MR) is 67.7 cm³/mol. The Balaban J connectivity index is 2.37. The molecule has 1 atom stereocenters. The molecule has 1 rings (SSSR count). The summed E-state index contributed by atoms with van der Waals surface area (Å²) in [6.07, 6.45) is 3.11. The summed E-state index contributed by atoms with van der Waals surface area (Å²) in [5, 5.41) is 0. The molecule has 0 saturated carbocycles. The van der Waals surface area contributed by atoms with Crippen LogP contribution in [0.15, 0.2) is 18.3 Å². The molecular formula is C12H20N2S. The lowest BCUT2D eigenvalue weighted by molar-refractivity contribution is 0.637. The van der Waals surface area contributed by atoms with Crippen molar-refractivity contribution in [3.05, 3.63) is 29.6 Å². The van der Waals surface area contributed by atoms with Crippen LogP contribution in [0.1, 0.15) is 31.5 Å². The van der Waals surface area contributed by atoms with E-state index in [0.29, 0.717) is 6.54 Å². The van der Waals surface area contributed by atoms with Crippen molar-refractivity contribution >= 4 is 11.8 Å². The molecule has 1 heterocycles. The number of pyridine rings is 1. The molecule has 3 heteroatoms. The van der Waals surface area contributed by atoms with Crippen molar-refractivity contribution in [3.63, 3.8) is 0 Å². The quantitative estimate of drug-likeness (QED) is 0.807. The van der Waals surface area contributed by atoms with Crippen molar-refractivity contribution in [2.24, 2.45) is 11.7 Å². The molecule has 1 aromatic heterocycles. The van der Waals surface area contributed by atoms with Gasteiger partial charge in [-0.15, -0.1) is 0 Å². The Morgan fingerprint density at radius 2 is 2.33 bits per heavy atom. The Labute approximate surface area is 96.7 Å². The van der Waals surface area contributed by atoms with Gasteiger partial charge in [-0.2, -0.15) is 11.8 Å². The molecule has 84 valence electrons. The smallest absolute Gasteiger partial charge is 0.0542 e. The van der Waals surface area contributed by atoms with Gasteiger partial charge < -0.3 is 5.73 Å². The maximum Gasteiger partial charge on any atom is 0.0542 e. The van der Waals surface area contributed by atoms with Crippen molar-refractivity contribution in [1.29, 1.82) is 0 Å². The summed E-state index contributed by atoms with van der Waals surface area (Å²) in [7, 11) is 0. The summed E-state index contributed by atoms with van der Waals surface area (Å²) >= 11 is 1.99. The fourth-order valence-corrected chi connectivity index (χ4v) is 2.40. The third-order valence-corrected chi connectivity index (χ3v) is 3.80. The molecule has 0 saturated heterocycles. The Kier molecular flexibility index (Phi) is 5.73. The molecule has 1 unspecified atom stereocenters. The van der Waals surface area contributed by atoms with Gasteiger partial charge in [0.15, 0.2) is 0 Å². The summed E-state index contributed by atoms with van der Waals surface area (Å²) in [6.45, 7) is 5.07. The molecule has 0 aliphatic carbocycles. The highest BCUT2D eigenvalue weighted by Gasteiger charge is 2.00. The number of nitrogens with two attached hydrogens (primary N) is 1. The molecule has 0 amide bonds. The first-order valence-electron chi connectivity index (χ1n) is 5.47. The Bertz CT molecular complexity index is 289. The van der Waals surface area contributed by atoms with Gasteiger partial charge in [0.2, 0.25) is 0 Å². The van der Waals surface area contributed by atoms with Crippen LogP contribution in [0.25, 0.3) is 0 Å². The Morgan fingerprint density at radius 1 is 1.53 bits per heavy atom. The van der Waals surface area contributed by atoms with Crippen LogP contribution >= 0.6 is 11.8 Å². The first-order chi connectivity index (χ1) is 7.26. The van der Waals surface area contributed by atoms with Gasteiger partial charge in [-0.3, -0.25) is 4.98 Å². The lowest BCUT2D eigenvalue weighted by Gasteiger charge is -2.08. The first-order valence-corrected chi connectivity index (χ1v) is 6.63. The largest absolute Gasteiger partial charge is 0.325 e. The second kappa shape index (κ2) is 6.85. The Hall–Kier alpha value is -0.540. The average Bonchev–Trinajstić information content (AvgIpc) is 2.29. The number of hydrogen-bond donors (Lipinski definition) is 1. The van der Waals surface area contributed by atoms with Gasteiger partial charge in [0, 0.05) is 18.5 Å². The van der Waals surface area contributed by atoms with Crippen LogP contribution in [0.3, 0.4) is 0 Å². The molecule has 0 aliphatic heterocycles. The lowest BCUT2D eigenvalue weighted by atomic mass is 10.2. The maximum absolute atomic E-state index is 5.55. The summed E-state index contributed by atoms with van der Waals surface area (Å²) in [5.41, 5.74) is 7.86. The molecule has 1 aromatic rings. The molecule has 0 aromatic carbocycles. The topological polar surface area (TPSA) is 38.9 Å². The third kappa shape index (κ3) is 4.67. The van der Waals surface area contributed by atoms with Crippen LogP contribution in [0.5, 0.6) is 0 Å². The summed E-state index contributed by atoms with van der Waals surface area (Å²) in [5.74, 6) is 3.11. The summed E-state index contributed by atoms with van der Waals surface area (Å²) in [6, 6.07) is 4.17. The summed E-state index contributed by atoms with van der Waals surface area (Å²) < 4.78 is 0. The highest BCUT2D eigenvalue weighted by Crippen LogP contribution is 2.17. The van der Waals surface area contributed by atoms with Crippen molar-refractivity contribution in [3.8, 4) is 0 Å². The van der Waals surface area contributed by atoms with E-state index in [1.807, 2.05) is 18.0 Å². The highest BCUT2D eigenvalue weighted by atomic mass is 32.2. The predicted octanol–water partition coefficient (Wildman–Crippen LogP) is 2.82. The van der Waals surface area contributed by atoms with Gasteiger partial charge in [0.25, 0.3) is 0 Å². The lowest BCUT2D eigenvalue weighted by Crippen LogP contribution is -2.00. The molecule has 15 heavy (non-hydrogen) atoms. The summed E-state index contributed by atoms with van der Waals surface area (Å²) in [4.78, 5) is 4.18. The van der Waals surface area contributed by atoms with Crippen molar-refractivity contribution in [2.45, 2.75) is 32.6 Å². The van der Waals surface area contributed by atoms with Gasteiger partial charge in [-0.25, -0.2) is 0 Å². The number of aromatic nitrogens is 1. The zero-order chi connectivity index (χ0) is 11.1. The maximum atomic E-state index is 5.55. The second-order valence-corrected chi connectivity index (χ2v) is 4.92. The van der Waals surface area contributed by atoms with Crippen molar-refractivity contribution in [1.82, 2.24) is 4.98 Å². The number of hydrogen-bond acceptors (Lipinski definition) is 3. The van der Waals surface area contributed by atoms with Crippen molar-refractivity contribution in [2.75, 3.05) is 5.75 Å². The number of nitrogens with zero attached hydrogens (tertiary/aromatic N) is 1. The highest BCUT2D eigenvalue weighted by molar-refractivity contribution is 7.98. The fourth-order valence-electron chi connectivity index (χ4n) is 1.23. The van der Waals surface area contributed by atoms with Gasteiger partial charge in [0.05, 0.1) is 5.69 Å². The van der Waals surface area contributed by atoms with E-state index in [4.69, 9.17) is 5.73 Å². The van der Waals surface area contributed by atoms with Crippen LogP contribution < -0.4 is 5.73 Å². The van der Waals surface area contributed by atoms with E-state index in [9.17, 15) is 0 Å². The van der Waals surface area contributed by atoms with Crippen molar-refractivity contribution < 1.29 is 0 Å². The molecule has 2 N–H and O–H groups in total. The average molecular weight is 224 g/mol. The van der Waals surface area contributed by atoms with Crippen LogP contribution in [-0.2, 0) is 12.3 Å². The molecule has 0 radical (unpaired) electrons. The normalized spacial score (nSPS) is 12.7. The van der Waals surface area contributed by atoms with Gasteiger partial charge in [0.1, 0.15) is 0 Å². The zero-order valence-electron chi connectivity index (χ0n) is 9.57. The van der Waals surface area contributed by atoms with Gasteiger partial charge in [-0.05, 0) is 29.4 Å². The minimum atomic E-state index is 0.532. The van der Waals surface area contributed by atoms with Crippen LogP contribution in [0, 0.1) is 5.92 Å². The van der Waals surface area contributed by atoms with E-state index < -0.39 is 0 Å². The molecular weight excluding hydrogens is 204 g/mol. The molecule has 0 aliphatic rings. The van der Waals surface area contributed by atoms with Crippen LogP contribution in [0.2, 0.25) is 0 Å². The molecule has 0 bridgehead atoms. The fraction of sp³-hybridized carbons (Fsp3) is 0.583. The van der Waals surface area contributed by atoms with E-state index >= 15 is 0 Å². The van der Waals surface area contributed by atoms with Crippen LogP contribution in [-0.4, -0.2) is 10.7 Å². The minimum absolute atomic E-state index is 0.532. The van der Waals surface area contributed by atoms with Gasteiger partial charge >= 0.3 is 0 Å². The van der Waals surface area contributed by atoms with E-state index in [-0.39, 0.29) is 0 Å². The molecule has 0 spiro atoms. The van der Waals surface area contributed by atoms with E-state index in [0.717, 1.165) is 17.4 Å². The number of rotatable bonds is 6. The zero-order valence-corrected chi connectivity index (χ0v) is 10.4. The molecule has 2 nitrogen and oxygen atoms in total. The monoisotopic (exact) mass is 224 g/mol. The molecule has 0 fully saturated rings.